The Morgan fingerprint density at radius 3 is 2.80 bits per heavy atom. The molecule has 1 aromatic carbocycles. The van der Waals surface area contributed by atoms with Gasteiger partial charge < -0.3 is 15.6 Å². The Hall–Kier alpha value is -2.62. The number of aromatic amines is 1. The van der Waals surface area contributed by atoms with E-state index >= 15 is 0 Å². The Morgan fingerprint density at radius 1 is 1.23 bits per heavy atom. The second kappa shape index (κ2) is 10.4. The van der Waals surface area contributed by atoms with Gasteiger partial charge in [-0.1, -0.05) is 35.5 Å². The van der Waals surface area contributed by atoms with Crippen LogP contribution in [0.5, 0.6) is 0 Å². The van der Waals surface area contributed by atoms with E-state index in [-0.39, 0.29) is 34.7 Å². The molecule has 7 nitrogen and oxygen atoms in total. The number of carbonyl (C=O) groups is 2. The van der Waals surface area contributed by atoms with E-state index in [1.807, 2.05) is 30.5 Å². The maximum absolute atomic E-state index is 12.2. The number of hydrogen-bond acceptors (Lipinski definition) is 6. The van der Waals surface area contributed by atoms with E-state index in [9.17, 15) is 14.4 Å². The number of aromatic nitrogens is 2. The molecule has 0 aliphatic carbocycles. The normalized spacial score (nSPS) is 10.6. The summed E-state index contributed by atoms with van der Waals surface area (Å²) in [6, 6.07) is 10.4. The van der Waals surface area contributed by atoms with E-state index in [1.165, 1.54) is 6.07 Å². The molecule has 0 spiro atoms. The van der Waals surface area contributed by atoms with Crippen LogP contribution in [0.25, 0.3) is 0 Å². The van der Waals surface area contributed by atoms with Crippen molar-refractivity contribution in [3.8, 4) is 0 Å². The van der Waals surface area contributed by atoms with Gasteiger partial charge in [-0.25, -0.2) is 4.98 Å². The van der Waals surface area contributed by atoms with Crippen LogP contribution in [0.2, 0.25) is 5.02 Å². The lowest BCUT2D eigenvalue weighted by molar-refractivity contribution is -0.120. The number of H-pyrrole nitrogens is 1. The minimum Gasteiger partial charge on any atom is -0.351 e. The molecule has 0 unspecified atom stereocenters. The molecule has 0 atom stereocenters. The van der Waals surface area contributed by atoms with Gasteiger partial charge in [0.2, 0.25) is 11.8 Å². The summed E-state index contributed by atoms with van der Waals surface area (Å²) in [6.07, 6.45) is -0.0169. The lowest BCUT2D eigenvalue weighted by Crippen LogP contribution is -2.25. The number of aryl methyl sites for hydroxylation is 1. The van der Waals surface area contributed by atoms with Gasteiger partial charge in [-0.3, -0.25) is 14.4 Å². The molecule has 0 aliphatic heterocycles. The number of amides is 2. The van der Waals surface area contributed by atoms with Gasteiger partial charge in [-0.15, -0.1) is 11.3 Å². The fourth-order valence-electron chi connectivity index (χ4n) is 2.47. The van der Waals surface area contributed by atoms with Crippen molar-refractivity contribution in [3.63, 3.8) is 0 Å². The highest BCUT2D eigenvalue weighted by Gasteiger charge is 2.10. The smallest absolute Gasteiger partial charge is 0.251 e. The van der Waals surface area contributed by atoms with Crippen LogP contribution in [-0.2, 0) is 22.6 Å². The quantitative estimate of drug-likeness (QED) is 0.351. The highest BCUT2D eigenvalue weighted by Crippen LogP contribution is 2.20. The first kappa shape index (κ1) is 22.1. The number of nitrogens with one attached hydrogen (secondary N) is 3. The number of halogens is 1. The average Bonchev–Trinajstić information content (AvgIpc) is 3.21. The van der Waals surface area contributed by atoms with Crippen molar-refractivity contribution in [1.29, 1.82) is 0 Å². The minimum absolute atomic E-state index is 0.0169. The summed E-state index contributed by atoms with van der Waals surface area (Å²) < 4.78 is 0. The summed E-state index contributed by atoms with van der Waals surface area (Å²) >= 11 is 8.69. The van der Waals surface area contributed by atoms with Crippen molar-refractivity contribution in [2.24, 2.45) is 0 Å². The molecular weight excluding hydrogens is 444 g/mol. The van der Waals surface area contributed by atoms with E-state index in [4.69, 9.17) is 11.6 Å². The number of rotatable bonds is 8. The number of thiophene rings is 1. The van der Waals surface area contributed by atoms with Crippen LogP contribution in [0.4, 0.5) is 5.69 Å². The highest BCUT2D eigenvalue weighted by atomic mass is 35.5. The summed E-state index contributed by atoms with van der Waals surface area (Å²) in [4.78, 5) is 44.1. The average molecular weight is 463 g/mol. The van der Waals surface area contributed by atoms with Crippen molar-refractivity contribution in [3.05, 3.63) is 73.3 Å². The summed E-state index contributed by atoms with van der Waals surface area (Å²) in [5.74, 6) is -0.448. The fraction of sp³-hybridized carbons (Fsp3) is 0.200. The predicted octanol–water partition coefficient (Wildman–Crippen LogP) is 3.38. The largest absolute Gasteiger partial charge is 0.351 e. The van der Waals surface area contributed by atoms with Crippen molar-refractivity contribution >= 4 is 52.2 Å². The summed E-state index contributed by atoms with van der Waals surface area (Å²) in [6.45, 7) is 2.31. The number of nitrogens with zero attached hydrogens (tertiary/aromatic N) is 1. The van der Waals surface area contributed by atoms with E-state index in [2.05, 4.69) is 20.6 Å². The van der Waals surface area contributed by atoms with E-state index in [0.717, 1.165) is 22.2 Å². The Kier molecular flexibility index (Phi) is 7.67. The van der Waals surface area contributed by atoms with Gasteiger partial charge in [0.1, 0.15) is 0 Å². The van der Waals surface area contributed by atoms with Crippen LogP contribution >= 0.6 is 34.7 Å². The zero-order valence-corrected chi connectivity index (χ0v) is 18.4. The second-order valence-electron chi connectivity index (χ2n) is 6.38. The van der Waals surface area contributed by atoms with Crippen LogP contribution in [0.1, 0.15) is 16.1 Å². The van der Waals surface area contributed by atoms with Crippen molar-refractivity contribution < 1.29 is 9.59 Å². The molecule has 3 rings (SSSR count). The number of thioether (sulfide) groups is 1. The first-order valence-electron chi connectivity index (χ1n) is 8.97. The maximum atomic E-state index is 12.2. The van der Waals surface area contributed by atoms with Crippen molar-refractivity contribution in [2.75, 3.05) is 11.1 Å². The standard InChI is InChI=1S/C20H19ClN4O3S2/c1-12-4-5-13(7-16(12)21)23-19(28)11-30-20-24-14(9-18(27)25-20)8-17(26)22-10-15-3-2-6-29-15/h2-7,9H,8,10-11H2,1H3,(H,22,26)(H,23,28)(H,24,25,27). The van der Waals surface area contributed by atoms with E-state index in [1.54, 1.807) is 23.5 Å². The van der Waals surface area contributed by atoms with Crippen molar-refractivity contribution in [2.45, 2.75) is 25.0 Å². The van der Waals surface area contributed by atoms with Gasteiger partial charge in [0.15, 0.2) is 5.16 Å². The molecule has 0 bridgehead atoms. The van der Waals surface area contributed by atoms with Crippen LogP contribution in [0.3, 0.4) is 0 Å². The van der Waals surface area contributed by atoms with Gasteiger partial charge >= 0.3 is 0 Å². The minimum atomic E-state index is -0.376. The molecule has 3 aromatic rings. The first-order chi connectivity index (χ1) is 14.4. The summed E-state index contributed by atoms with van der Waals surface area (Å²) in [7, 11) is 0. The zero-order chi connectivity index (χ0) is 21.5. The zero-order valence-electron chi connectivity index (χ0n) is 16.0. The van der Waals surface area contributed by atoms with Crippen LogP contribution in [0, 0.1) is 6.92 Å². The highest BCUT2D eigenvalue weighted by molar-refractivity contribution is 7.99. The third-order valence-corrected chi connectivity index (χ3v) is 6.11. The molecular formula is C20H19ClN4O3S2. The third-order valence-electron chi connectivity index (χ3n) is 3.95. The van der Waals surface area contributed by atoms with Gasteiger partial charge in [0.25, 0.3) is 5.56 Å². The third kappa shape index (κ3) is 6.72. The van der Waals surface area contributed by atoms with Crippen LogP contribution in [-0.4, -0.2) is 27.5 Å². The Labute approximate surface area is 186 Å². The SMILES string of the molecule is Cc1ccc(NC(=O)CSc2nc(CC(=O)NCc3cccs3)cc(=O)[nH]2)cc1Cl. The number of hydrogen-bond donors (Lipinski definition) is 3. The van der Waals surface area contributed by atoms with Gasteiger partial charge in [-0.2, -0.15) is 0 Å². The Morgan fingerprint density at radius 2 is 2.07 bits per heavy atom. The fourth-order valence-corrected chi connectivity index (χ4v) is 3.99. The molecule has 10 heteroatoms. The van der Waals surface area contributed by atoms with E-state index in [0.29, 0.717) is 22.9 Å². The number of benzene rings is 1. The van der Waals surface area contributed by atoms with Gasteiger partial charge in [0, 0.05) is 21.7 Å². The van der Waals surface area contributed by atoms with E-state index < -0.39 is 0 Å². The lowest BCUT2D eigenvalue weighted by Gasteiger charge is -2.07. The molecule has 0 saturated heterocycles. The Balaban J connectivity index is 1.53. The molecule has 0 radical (unpaired) electrons. The second-order valence-corrected chi connectivity index (χ2v) is 8.78. The molecule has 0 saturated carbocycles. The molecule has 2 aromatic heterocycles. The monoisotopic (exact) mass is 462 g/mol. The molecule has 0 aliphatic rings. The van der Waals surface area contributed by atoms with Crippen LogP contribution < -0.4 is 16.2 Å². The number of carbonyl (C=O) groups excluding carboxylic acids is 2. The lowest BCUT2D eigenvalue weighted by atomic mass is 10.2. The van der Waals surface area contributed by atoms with Crippen molar-refractivity contribution in [1.82, 2.24) is 15.3 Å². The molecule has 2 heterocycles. The topological polar surface area (TPSA) is 104 Å². The number of anilines is 1. The molecule has 3 N–H and O–H groups in total. The molecule has 2 amide bonds. The Bertz CT molecular complexity index is 1100. The predicted molar refractivity (Wildman–Crippen MR) is 120 cm³/mol. The summed E-state index contributed by atoms with van der Waals surface area (Å²) in [5.41, 5.74) is 1.48. The molecule has 30 heavy (non-hydrogen) atoms. The van der Waals surface area contributed by atoms with Crippen LogP contribution in [0.15, 0.2) is 51.7 Å². The summed E-state index contributed by atoms with van der Waals surface area (Å²) in [5, 5.41) is 8.32. The molecule has 156 valence electrons. The molecule has 0 fully saturated rings. The first-order valence-corrected chi connectivity index (χ1v) is 11.2. The maximum Gasteiger partial charge on any atom is 0.251 e. The van der Waals surface area contributed by atoms with Gasteiger partial charge in [-0.05, 0) is 36.1 Å². The van der Waals surface area contributed by atoms with Gasteiger partial charge in [0.05, 0.1) is 24.4 Å².